The van der Waals surface area contributed by atoms with Crippen LogP contribution in [-0.4, -0.2) is 22.5 Å². The first-order valence-electron chi connectivity index (χ1n) is 8.91. The fraction of sp³-hybridized carbons (Fsp3) is 0.130. The van der Waals surface area contributed by atoms with Gasteiger partial charge in [-0.3, -0.25) is 4.79 Å². The molecule has 3 aromatic carbocycles. The number of carbonyl (C=O) groups is 1. The lowest BCUT2D eigenvalue weighted by Gasteiger charge is -2.17. The van der Waals surface area contributed by atoms with Gasteiger partial charge < -0.3 is 9.47 Å². The summed E-state index contributed by atoms with van der Waals surface area (Å²) in [5, 5.41) is 0. The molecule has 4 nitrogen and oxygen atoms in total. The highest BCUT2D eigenvalue weighted by atomic mass is 16.2. The van der Waals surface area contributed by atoms with E-state index in [1.54, 1.807) is 11.9 Å². The van der Waals surface area contributed by atoms with Crippen LogP contribution >= 0.6 is 0 Å². The van der Waals surface area contributed by atoms with Crippen LogP contribution in [0.15, 0.2) is 72.8 Å². The maximum atomic E-state index is 12.9. The number of amides is 1. The van der Waals surface area contributed by atoms with E-state index in [0.717, 1.165) is 33.7 Å². The molecule has 0 aliphatic heterocycles. The van der Waals surface area contributed by atoms with E-state index in [1.807, 2.05) is 79.2 Å². The molecule has 0 radical (unpaired) electrons. The molecular weight excluding hydrogens is 334 g/mol. The highest BCUT2D eigenvalue weighted by Gasteiger charge is 2.15. The number of aryl methyl sites for hydroxylation is 2. The molecule has 0 aliphatic rings. The number of aromatic nitrogens is 2. The Morgan fingerprint density at radius 1 is 0.926 bits per heavy atom. The lowest BCUT2D eigenvalue weighted by molar-refractivity contribution is 0.0993. The van der Waals surface area contributed by atoms with Gasteiger partial charge in [-0.05, 0) is 48.4 Å². The molecule has 27 heavy (non-hydrogen) atoms. The highest BCUT2D eigenvalue weighted by molar-refractivity contribution is 6.06. The molecule has 0 bridgehead atoms. The number of nitrogens with zero attached hydrogens (tertiary/aromatic N) is 3. The maximum absolute atomic E-state index is 12.9. The predicted octanol–water partition coefficient (Wildman–Crippen LogP) is 4.83. The standard InChI is InChI=1S/C23H21N3O/c1-16-24-21-15-20(13-14-22(21)25(16)2)26(3)23(27)19-11-9-18(10-12-19)17-7-5-4-6-8-17/h4-15H,1-3H3. The van der Waals surface area contributed by atoms with Gasteiger partial charge in [0, 0.05) is 25.3 Å². The minimum atomic E-state index is -0.0402. The van der Waals surface area contributed by atoms with Gasteiger partial charge in [0.2, 0.25) is 0 Å². The van der Waals surface area contributed by atoms with E-state index in [4.69, 9.17) is 0 Å². The quantitative estimate of drug-likeness (QED) is 0.528. The molecule has 0 spiro atoms. The van der Waals surface area contributed by atoms with E-state index >= 15 is 0 Å². The third-order valence-corrected chi connectivity index (χ3v) is 5.02. The highest BCUT2D eigenvalue weighted by Crippen LogP contribution is 2.24. The van der Waals surface area contributed by atoms with Gasteiger partial charge in [0.1, 0.15) is 5.82 Å². The van der Waals surface area contributed by atoms with Crippen LogP contribution in [0.1, 0.15) is 16.2 Å². The van der Waals surface area contributed by atoms with E-state index < -0.39 is 0 Å². The number of imidazole rings is 1. The zero-order valence-corrected chi connectivity index (χ0v) is 15.7. The number of rotatable bonds is 3. The second-order valence-corrected chi connectivity index (χ2v) is 6.70. The van der Waals surface area contributed by atoms with Crippen molar-refractivity contribution in [3.63, 3.8) is 0 Å². The maximum Gasteiger partial charge on any atom is 0.258 e. The zero-order chi connectivity index (χ0) is 19.0. The number of anilines is 1. The number of fused-ring (bicyclic) bond motifs is 1. The van der Waals surface area contributed by atoms with Crippen LogP contribution in [0.5, 0.6) is 0 Å². The van der Waals surface area contributed by atoms with Crippen LogP contribution in [0, 0.1) is 6.92 Å². The van der Waals surface area contributed by atoms with Crippen LogP contribution in [-0.2, 0) is 7.05 Å². The van der Waals surface area contributed by atoms with Crippen molar-refractivity contribution in [3.05, 3.63) is 84.2 Å². The summed E-state index contributed by atoms with van der Waals surface area (Å²) < 4.78 is 2.04. The van der Waals surface area contributed by atoms with Gasteiger partial charge in [-0.2, -0.15) is 0 Å². The molecule has 0 saturated heterocycles. The van der Waals surface area contributed by atoms with Gasteiger partial charge in [0.25, 0.3) is 5.91 Å². The molecule has 1 aromatic heterocycles. The molecular formula is C23H21N3O. The van der Waals surface area contributed by atoms with Crippen molar-refractivity contribution in [3.8, 4) is 11.1 Å². The first kappa shape index (κ1) is 17.0. The zero-order valence-electron chi connectivity index (χ0n) is 15.7. The summed E-state index contributed by atoms with van der Waals surface area (Å²) in [6, 6.07) is 23.8. The molecule has 0 saturated carbocycles. The molecule has 0 unspecified atom stereocenters. The van der Waals surface area contributed by atoms with E-state index in [-0.39, 0.29) is 5.91 Å². The van der Waals surface area contributed by atoms with Gasteiger partial charge in [-0.1, -0.05) is 42.5 Å². The Bertz CT molecular complexity index is 1110. The molecule has 4 rings (SSSR count). The van der Waals surface area contributed by atoms with E-state index in [0.29, 0.717) is 5.56 Å². The SMILES string of the molecule is Cc1nc2cc(N(C)C(=O)c3ccc(-c4ccccc4)cc3)ccc2n1C. The van der Waals surface area contributed by atoms with Crippen molar-refractivity contribution in [2.24, 2.45) is 7.05 Å². The Labute approximate surface area is 158 Å². The number of benzene rings is 3. The monoisotopic (exact) mass is 355 g/mol. The van der Waals surface area contributed by atoms with Gasteiger partial charge in [-0.15, -0.1) is 0 Å². The molecule has 134 valence electrons. The molecule has 4 heteroatoms. The Balaban J connectivity index is 1.60. The summed E-state index contributed by atoms with van der Waals surface area (Å²) in [6.07, 6.45) is 0. The van der Waals surface area contributed by atoms with Crippen LogP contribution in [0.25, 0.3) is 22.2 Å². The van der Waals surface area contributed by atoms with Crippen LogP contribution in [0.2, 0.25) is 0 Å². The lowest BCUT2D eigenvalue weighted by atomic mass is 10.0. The third-order valence-electron chi connectivity index (χ3n) is 5.02. The minimum Gasteiger partial charge on any atom is -0.331 e. The molecule has 0 atom stereocenters. The Morgan fingerprint density at radius 3 is 2.30 bits per heavy atom. The lowest BCUT2D eigenvalue weighted by Crippen LogP contribution is -2.26. The fourth-order valence-corrected chi connectivity index (χ4v) is 3.26. The van der Waals surface area contributed by atoms with Crippen molar-refractivity contribution in [1.29, 1.82) is 0 Å². The van der Waals surface area contributed by atoms with Gasteiger partial charge in [-0.25, -0.2) is 4.98 Å². The second kappa shape index (κ2) is 6.72. The van der Waals surface area contributed by atoms with Crippen LogP contribution in [0.4, 0.5) is 5.69 Å². The first-order valence-corrected chi connectivity index (χ1v) is 8.91. The Kier molecular flexibility index (Phi) is 4.24. The topological polar surface area (TPSA) is 38.1 Å². The summed E-state index contributed by atoms with van der Waals surface area (Å²) in [5.41, 5.74) is 5.68. The normalized spacial score (nSPS) is 10.9. The fourth-order valence-electron chi connectivity index (χ4n) is 3.26. The summed E-state index contributed by atoms with van der Waals surface area (Å²) in [6.45, 7) is 1.98. The largest absolute Gasteiger partial charge is 0.331 e. The molecule has 1 heterocycles. The van der Waals surface area contributed by atoms with Crippen molar-refractivity contribution in [2.45, 2.75) is 6.92 Å². The minimum absolute atomic E-state index is 0.0402. The molecule has 4 aromatic rings. The van der Waals surface area contributed by atoms with Gasteiger partial charge in [0.05, 0.1) is 11.0 Å². The second-order valence-electron chi connectivity index (χ2n) is 6.70. The Hall–Kier alpha value is -3.40. The van der Waals surface area contributed by atoms with Crippen molar-refractivity contribution >= 4 is 22.6 Å². The van der Waals surface area contributed by atoms with Crippen LogP contribution < -0.4 is 4.90 Å². The van der Waals surface area contributed by atoms with E-state index in [9.17, 15) is 4.79 Å². The van der Waals surface area contributed by atoms with Crippen molar-refractivity contribution in [2.75, 3.05) is 11.9 Å². The van der Waals surface area contributed by atoms with E-state index in [1.165, 1.54) is 0 Å². The van der Waals surface area contributed by atoms with Gasteiger partial charge >= 0.3 is 0 Å². The molecule has 0 aliphatic carbocycles. The molecule has 0 N–H and O–H groups in total. The summed E-state index contributed by atoms with van der Waals surface area (Å²) in [7, 11) is 3.79. The molecule has 0 fully saturated rings. The average molecular weight is 355 g/mol. The summed E-state index contributed by atoms with van der Waals surface area (Å²) in [5.74, 6) is 0.911. The molecule has 1 amide bonds. The van der Waals surface area contributed by atoms with Crippen molar-refractivity contribution in [1.82, 2.24) is 9.55 Å². The average Bonchev–Trinajstić information content (AvgIpc) is 3.01. The number of hydrogen-bond donors (Lipinski definition) is 0. The third kappa shape index (κ3) is 3.10. The predicted molar refractivity (Wildman–Crippen MR) is 110 cm³/mol. The van der Waals surface area contributed by atoms with Gasteiger partial charge in [0.15, 0.2) is 0 Å². The number of carbonyl (C=O) groups excluding carboxylic acids is 1. The number of hydrogen-bond acceptors (Lipinski definition) is 2. The Morgan fingerprint density at radius 2 is 1.59 bits per heavy atom. The van der Waals surface area contributed by atoms with Crippen LogP contribution in [0.3, 0.4) is 0 Å². The summed E-state index contributed by atoms with van der Waals surface area (Å²) in [4.78, 5) is 19.1. The van der Waals surface area contributed by atoms with E-state index in [2.05, 4.69) is 17.1 Å². The first-order chi connectivity index (χ1) is 13.0. The smallest absolute Gasteiger partial charge is 0.258 e. The van der Waals surface area contributed by atoms with Crippen molar-refractivity contribution < 1.29 is 4.79 Å². The summed E-state index contributed by atoms with van der Waals surface area (Å²) >= 11 is 0.